The predicted molar refractivity (Wildman–Crippen MR) is 57.3 cm³/mol. The fourth-order valence-corrected chi connectivity index (χ4v) is 0.479. The number of nitrogens with zero attached hydrogens (tertiary/aromatic N) is 3. The van der Waals surface area contributed by atoms with Crippen molar-refractivity contribution in [2.45, 2.75) is 0 Å². The van der Waals surface area contributed by atoms with Crippen LogP contribution < -0.4 is 5.73 Å². The van der Waals surface area contributed by atoms with Crippen LogP contribution in [-0.4, -0.2) is 38.0 Å². The van der Waals surface area contributed by atoms with Gasteiger partial charge in [0.25, 0.3) is 0 Å². The standard InChI is InChI=1S/C5H5N.C2H3N3.C2H5NO2/c1-2-4-6-5-3-1;1-2-4-5-3-1;3-1-2(4)5/h1-5H;1-2H,(H,3,4,5);1,3H2,(H,4,5). The number of aliphatic carboxylic acids is 1. The molecular weight excluding hydrogens is 210 g/mol. The second kappa shape index (κ2) is 10.8. The lowest BCUT2D eigenvalue weighted by Gasteiger charge is -1.73. The third kappa shape index (κ3) is 11.7. The molecule has 2 rings (SSSR count). The molecule has 0 saturated heterocycles. The average molecular weight is 223 g/mol. The van der Waals surface area contributed by atoms with Crippen LogP contribution >= 0.6 is 0 Å². The van der Waals surface area contributed by atoms with Crippen LogP contribution in [0.5, 0.6) is 0 Å². The van der Waals surface area contributed by atoms with Gasteiger partial charge in [0.05, 0.1) is 18.9 Å². The number of carbonyl (C=O) groups is 1. The molecule has 0 bridgehead atoms. The molecule has 0 aliphatic rings. The van der Waals surface area contributed by atoms with E-state index in [1.165, 1.54) is 0 Å². The van der Waals surface area contributed by atoms with Crippen molar-refractivity contribution in [3.8, 4) is 0 Å². The highest BCUT2D eigenvalue weighted by molar-refractivity contribution is 5.68. The highest BCUT2D eigenvalue weighted by Crippen LogP contribution is 1.73. The summed E-state index contributed by atoms with van der Waals surface area (Å²) in [5.74, 6) is -0.968. The number of carboxylic acid groups (broad SMARTS) is 1. The second-order valence-electron chi connectivity index (χ2n) is 2.28. The number of aromatic nitrogens is 4. The van der Waals surface area contributed by atoms with Gasteiger partial charge in [0, 0.05) is 12.4 Å². The first kappa shape index (κ1) is 13.7. The first-order chi connectivity index (χ1) is 7.77. The molecule has 0 aliphatic carbocycles. The van der Waals surface area contributed by atoms with Crippen molar-refractivity contribution in [3.63, 3.8) is 0 Å². The molecule has 4 N–H and O–H groups in total. The zero-order chi connectivity index (χ0) is 12.1. The first-order valence-corrected chi connectivity index (χ1v) is 4.34. The molecule has 0 amide bonds. The van der Waals surface area contributed by atoms with Crippen molar-refractivity contribution in [1.29, 1.82) is 0 Å². The summed E-state index contributed by atoms with van der Waals surface area (Å²) < 4.78 is 0. The minimum atomic E-state index is -0.968. The van der Waals surface area contributed by atoms with Gasteiger partial charge in [0.1, 0.15) is 0 Å². The molecule has 86 valence electrons. The molecule has 0 spiro atoms. The van der Waals surface area contributed by atoms with Crippen molar-refractivity contribution in [2.75, 3.05) is 6.54 Å². The van der Waals surface area contributed by atoms with Crippen LogP contribution in [0.3, 0.4) is 0 Å². The van der Waals surface area contributed by atoms with Gasteiger partial charge in [0.15, 0.2) is 0 Å². The molecule has 0 unspecified atom stereocenters. The maximum absolute atomic E-state index is 9.24. The van der Waals surface area contributed by atoms with Gasteiger partial charge in [0.2, 0.25) is 0 Å². The average Bonchev–Trinajstić information content (AvgIpc) is 2.91. The van der Waals surface area contributed by atoms with E-state index in [-0.39, 0.29) is 6.54 Å². The minimum Gasteiger partial charge on any atom is -0.480 e. The lowest BCUT2D eigenvalue weighted by atomic mass is 10.5. The van der Waals surface area contributed by atoms with Crippen molar-refractivity contribution in [1.82, 2.24) is 20.4 Å². The molecule has 0 fully saturated rings. The van der Waals surface area contributed by atoms with Crippen LogP contribution in [0.25, 0.3) is 0 Å². The number of H-pyrrole nitrogens is 1. The number of hydrogen-bond donors (Lipinski definition) is 3. The highest BCUT2D eigenvalue weighted by atomic mass is 16.4. The van der Waals surface area contributed by atoms with Crippen LogP contribution in [0, 0.1) is 0 Å². The van der Waals surface area contributed by atoms with Gasteiger partial charge in [-0.3, -0.25) is 9.78 Å². The van der Waals surface area contributed by atoms with Crippen molar-refractivity contribution >= 4 is 5.97 Å². The predicted octanol–water partition coefficient (Wildman–Crippen LogP) is -0.0840. The first-order valence-electron chi connectivity index (χ1n) is 4.34. The van der Waals surface area contributed by atoms with Gasteiger partial charge >= 0.3 is 5.97 Å². The summed E-state index contributed by atoms with van der Waals surface area (Å²) in [6.45, 7) is -0.278. The topological polar surface area (TPSA) is 118 Å². The molecule has 0 radical (unpaired) electrons. The van der Waals surface area contributed by atoms with E-state index >= 15 is 0 Å². The molecule has 2 heterocycles. The Morgan fingerprint density at radius 1 is 1.12 bits per heavy atom. The maximum Gasteiger partial charge on any atom is 0.317 e. The van der Waals surface area contributed by atoms with E-state index in [2.05, 4.69) is 26.1 Å². The molecule has 0 aliphatic heterocycles. The summed E-state index contributed by atoms with van der Waals surface area (Å²) in [5, 5.41) is 16.9. The van der Waals surface area contributed by atoms with E-state index in [0.717, 1.165) is 0 Å². The van der Waals surface area contributed by atoms with E-state index in [4.69, 9.17) is 5.11 Å². The largest absolute Gasteiger partial charge is 0.480 e. The second-order valence-corrected chi connectivity index (χ2v) is 2.28. The Labute approximate surface area is 92.3 Å². The third-order valence-corrected chi connectivity index (χ3v) is 1.07. The quantitative estimate of drug-likeness (QED) is 0.622. The summed E-state index contributed by atoms with van der Waals surface area (Å²) in [5.41, 5.74) is 4.57. The fraction of sp³-hybridized carbons (Fsp3) is 0.111. The SMILES string of the molecule is NCC(=O)O.c1ccncc1.c1cn[nH]n1. The normalized spacial score (nSPS) is 7.81. The maximum atomic E-state index is 9.24. The summed E-state index contributed by atoms with van der Waals surface area (Å²) in [6.07, 6.45) is 6.67. The Morgan fingerprint density at radius 3 is 1.75 bits per heavy atom. The summed E-state index contributed by atoms with van der Waals surface area (Å²) in [7, 11) is 0. The smallest absolute Gasteiger partial charge is 0.317 e. The Morgan fingerprint density at radius 2 is 1.62 bits per heavy atom. The van der Waals surface area contributed by atoms with Gasteiger partial charge < -0.3 is 10.8 Å². The van der Waals surface area contributed by atoms with E-state index < -0.39 is 5.97 Å². The molecule has 16 heavy (non-hydrogen) atoms. The summed E-state index contributed by atoms with van der Waals surface area (Å²) in [6, 6.07) is 5.72. The Hall–Kier alpha value is -2.28. The zero-order valence-corrected chi connectivity index (χ0v) is 8.52. The van der Waals surface area contributed by atoms with Gasteiger partial charge in [-0.05, 0) is 12.1 Å². The Balaban J connectivity index is 0.000000213. The molecule has 0 saturated carbocycles. The van der Waals surface area contributed by atoms with Crippen LogP contribution in [0.4, 0.5) is 0 Å². The molecule has 2 aromatic heterocycles. The molecule has 0 atom stereocenters. The number of pyridine rings is 1. The van der Waals surface area contributed by atoms with Gasteiger partial charge in [-0.2, -0.15) is 15.4 Å². The third-order valence-electron chi connectivity index (χ3n) is 1.07. The molecule has 0 aromatic carbocycles. The molecular formula is C9H13N5O2. The van der Waals surface area contributed by atoms with Crippen LogP contribution in [-0.2, 0) is 4.79 Å². The van der Waals surface area contributed by atoms with E-state index in [1.807, 2.05) is 18.2 Å². The van der Waals surface area contributed by atoms with Crippen LogP contribution in [0.2, 0.25) is 0 Å². The highest BCUT2D eigenvalue weighted by Gasteiger charge is 1.81. The zero-order valence-electron chi connectivity index (χ0n) is 8.52. The number of rotatable bonds is 1. The number of aromatic amines is 1. The number of nitrogens with two attached hydrogens (primary N) is 1. The number of hydrogen-bond acceptors (Lipinski definition) is 5. The van der Waals surface area contributed by atoms with Crippen molar-refractivity contribution in [2.24, 2.45) is 5.73 Å². The number of carboxylic acids is 1. The molecule has 7 heteroatoms. The minimum absolute atomic E-state index is 0.278. The van der Waals surface area contributed by atoms with Crippen LogP contribution in [0.1, 0.15) is 0 Å². The number of nitrogens with one attached hydrogen (secondary N) is 1. The summed E-state index contributed by atoms with van der Waals surface area (Å²) in [4.78, 5) is 13.0. The van der Waals surface area contributed by atoms with E-state index in [9.17, 15) is 4.79 Å². The molecule has 7 nitrogen and oxygen atoms in total. The van der Waals surface area contributed by atoms with Gasteiger partial charge in [-0.1, -0.05) is 6.07 Å². The fourth-order valence-electron chi connectivity index (χ4n) is 0.479. The van der Waals surface area contributed by atoms with Crippen molar-refractivity contribution in [3.05, 3.63) is 43.0 Å². The van der Waals surface area contributed by atoms with Crippen LogP contribution in [0.15, 0.2) is 43.0 Å². The Kier molecular flexibility index (Phi) is 9.26. The van der Waals surface area contributed by atoms with E-state index in [0.29, 0.717) is 0 Å². The monoisotopic (exact) mass is 223 g/mol. The lowest BCUT2D eigenvalue weighted by molar-refractivity contribution is -0.135. The van der Waals surface area contributed by atoms with Gasteiger partial charge in [-0.25, -0.2) is 0 Å². The molecule has 2 aromatic rings. The Bertz CT molecular complexity index is 294. The lowest BCUT2D eigenvalue weighted by Crippen LogP contribution is -2.10. The van der Waals surface area contributed by atoms with E-state index in [1.54, 1.807) is 24.8 Å². The van der Waals surface area contributed by atoms with Gasteiger partial charge in [-0.15, -0.1) is 0 Å². The summed E-state index contributed by atoms with van der Waals surface area (Å²) >= 11 is 0. The van der Waals surface area contributed by atoms with Crippen molar-refractivity contribution < 1.29 is 9.90 Å².